The summed E-state index contributed by atoms with van der Waals surface area (Å²) >= 11 is 0. The molecule has 2 N–H and O–H groups in total. The molecule has 0 bridgehead atoms. The van der Waals surface area contributed by atoms with Crippen molar-refractivity contribution < 1.29 is 18.3 Å². The van der Waals surface area contributed by atoms with Crippen molar-refractivity contribution in [1.29, 1.82) is 0 Å². The second-order valence-corrected chi connectivity index (χ2v) is 4.78. The van der Waals surface area contributed by atoms with E-state index in [2.05, 4.69) is 15.3 Å². The second kappa shape index (κ2) is 6.79. The van der Waals surface area contributed by atoms with E-state index in [1.54, 1.807) is 0 Å². The van der Waals surface area contributed by atoms with Crippen LogP contribution >= 0.6 is 0 Å². The average molecular weight is 261 g/mol. The van der Waals surface area contributed by atoms with Gasteiger partial charge >= 0.3 is 5.97 Å². The Morgan fingerprint density at radius 3 is 2.18 bits per heavy atom. The smallest absolute Gasteiger partial charge is 0.322 e. The van der Waals surface area contributed by atoms with Crippen LogP contribution in [-0.2, 0) is 14.6 Å². The van der Waals surface area contributed by atoms with Crippen LogP contribution in [-0.4, -0.2) is 42.3 Å². The van der Waals surface area contributed by atoms with Crippen molar-refractivity contribution in [3.05, 3.63) is 12.4 Å². The minimum absolute atomic E-state index is 0.0108. The highest BCUT2D eigenvalue weighted by Crippen LogP contribution is 2.06. The maximum absolute atomic E-state index is 11.0. The van der Waals surface area contributed by atoms with Crippen molar-refractivity contribution >= 4 is 21.8 Å². The van der Waals surface area contributed by atoms with Gasteiger partial charge in [0.05, 0.1) is 12.4 Å². The third-order valence-corrected chi connectivity index (χ3v) is 2.52. The van der Waals surface area contributed by atoms with Gasteiger partial charge in [0.25, 0.3) is 0 Å². The van der Waals surface area contributed by atoms with E-state index in [1.807, 2.05) is 13.8 Å². The fourth-order valence-electron chi connectivity index (χ4n) is 0.754. The first-order valence-electron chi connectivity index (χ1n) is 4.87. The van der Waals surface area contributed by atoms with Crippen LogP contribution in [0, 0.1) is 0 Å². The number of hydrogen-bond donors (Lipinski definition) is 2. The van der Waals surface area contributed by atoms with Crippen LogP contribution in [0.1, 0.15) is 13.8 Å². The molecule has 0 saturated carbocycles. The van der Waals surface area contributed by atoms with Gasteiger partial charge in [0.1, 0.15) is 11.4 Å². The van der Waals surface area contributed by atoms with Gasteiger partial charge in [-0.2, -0.15) is 0 Å². The van der Waals surface area contributed by atoms with Crippen LogP contribution in [0.2, 0.25) is 0 Å². The first kappa shape index (κ1) is 15.3. The summed E-state index contributed by atoms with van der Waals surface area (Å²) in [6, 6.07) is 0. The van der Waals surface area contributed by atoms with Crippen molar-refractivity contribution in [3.8, 4) is 0 Å². The molecule has 0 fully saturated rings. The molecule has 0 amide bonds. The molecule has 0 radical (unpaired) electrons. The van der Waals surface area contributed by atoms with Gasteiger partial charge < -0.3 is 10.4 Å². The van der Waals surface area contributed by atoms with Gasteiger partial charge in [-0.3, -0.25) is 4.79 Å². The summed E-state index contributed by atoms with van der Waals surface area (Å²) in [7, 11) is -3.32. The molecule has 0 aliphatic carbocycles. The van der Waals surface area contributed by atoms with E-state index < -0.39 is 15.8 Å². The van der Waals surface area contributed by atoms with Crippen molar-refractivity contribution in [2.75, 3.05) is 18.1 Å². The Kier molecular flexibility index (Phi) is 6.11. The van der Waals surface area contributed by atoms with E-state index in [0.29, 0.717) is 0 Å². The van der Waals surface area contributed by atoms with E-state index in [4.69, 9.17) is 5.11 Å². The van der Waals surface area contributed by atoms with Crippen molar-refractivity contribution in [2.45, 2.75) is 18.7 Å². The van der Waals surface area contributed by atoms with Gasteiger partial charge in [0, 0.05) is 6.26 Å². The molecule has 1 heterocycles. The average Bonchev–Trinajstić information content (AvgIpc) is 2.28. The minimum Gasteiger partial charge on any atom is -0.480 e. The van der Waals surface area contributed by atoms with Gasteiger partial charge in [0.2, 0.25) is 5.95 Å². The van der Waals surface area contributed by atoms with E-state index in [-0.39, 0.29) is 17.4 Å². The van der Waals surface area contributed by atoms with E-state index in [0.717, 1.165) is 18.6 Å². The number of aromatic nitrogens is 2. The van der Waals surface area contributed by atoms with Gasteiger partial charge in [-0.25, -0.2) is 18.4 Å². The van der Waals surface area contributed by atoms with Crippen LogP contribution in [0.25, 0.3) is 0 Å². The molecule has 1 aromatic rings. The Bertz CT molecular complexity index is 456. The largest absolute Gasteiger partial charge is 0.480 e. The predicted molar refractivity (Wildman–Crippen MR) is 62.6 cm³/mol. The van der Waals surface area contributed by atoms with E-state index >= 15 is 0 Å². The molecule has 0 aliphatic rings. The lowest BCUT2D eigenvalue weighted by Crippen LogP contribution is -2.14. The molecule has 0 aromatic carbocycles. The zero-order valence-corrected chi connectivity index (χ0v) is 10.7. The fraction of sp³-hybridized carbons (Fsp3) is 0.444. The molecule has 17 heavy (non-hydrogen) atoms. The molecule has 96 valence electrons. The molecular weight excluding hydrogens is 246 g/mol. The highest BCUT2D eigenvalue weighted by Gasteiger charge is 2.08. The maximum Gasteiger partial charge on any atom is 0.322 e. The van der Waals surface area contributed by atoms with Crippen LogP contribution in [0.3, 0.4) is 0 Å². The summed E-state index contributed by atoms with van der Waals surface area (Å²) in [4.78, 5) is 17.5. The Balaban J connectivity index is 0.00000121. The lowest BCUT2D eigenvalue weighted by atomic mass is 10.6. The molecule has 1 rings (SSSR count). The highest BCUT2D eigenvalue weighted by molar-refractivity contribution is 7.90. The summed E-state index contributed by atoms with van der Waals surface area (Å²) in [6.45, 7) is 3.68. The SMILES string of the molecule is CC.CS(=O)(=O)c1cnc(NCC(=O)O)nc1. The van der Waals surface area contributed by atoms with E-state index in [1.165, 1.54) is 0 Å². The molecule has 8 heteroatoms. The first-order chi connectivity index (χ1) is 7.89. The highest BCUT2D eigenvalue weighted by atomic mass is 32.2. The summed E-state index contributed by atoms with van der Waals surface area (Å²) in [5, 5.41) is 10.8. The molecule has 1 aromatic heterocycles. The number of nitrogens with one attached hydrogen (secondary N) is 1. The van der Waals surface area contributed by atoms with Crippen LogP contribution in [0.15, 0.2) is 17.3 Å². The lowest BCUT2D eigenvalue weighted by molar-refractivity contribution is -0.134. The predicted octanol–water partition coefficient (Wildman–Crippen LogP) is 0.403. The monoisotopic (exact) mass is 261 g/mol. The Morgan fingerprint density at radius 2 is 1.82 bits per heavy atom. The number of anilines is 1. The lowest BCUT2D eigenvalue weighted by Gasteiger charge is -2.01. The van der Waals surface area contributed by atoms with Crippen molar-refractivity contribution in [1.82, 2.24) is 9.97 Å². The molecule has 0 unspecified atom stereocenters. The summed E-state index contributed by atoms with van der Waals surface area (Å²) in [5.41, 5.74) is 0. The number of carboxylic acids is 1. The molecule has 0 atom stereocenters. The zero-order valence-electron chi connectivity index (χ0n) is 9.84. The van der Waals surface area contributed by atoms with E-state index in [9.17, 15) is 13.2 Å². The number of aliphatic carboxylic acids is 1. The maximum atomic E-state index is 11.0. The van der Waals surface area contributed by atoms with Gasteiger partial charge in [-0.15, -0.1) is 0 Å². The Hall–Kier alpha value is -1.70. The summed E-state index contributed by atoms with van der Waals surface area (Å²) in [5.74, 6) is -0.976. The summed E-state index contributed by atoms with van der Waals surface area (Å²) < 4.78 is 22.0. The van der Waals surface area contributed by atoms with Crippen LogP contribution < -0.4 is 5.32 Å². The third kappa shape index (κ3) is 5.81. The van der Waals surface area contributed by atoms with Gasteiger partial charge in [-0.1, -0.05) is 13.8 Å². The van der Waals surface area contributed by atoms with Crippen LogP contribution in [0.5, 0.6) is 0 Å². The van der Waals surface area contributed by atoms with Crippen LogP contribution in [0.4, 0.5) is 5.95 Å². The zero-order chi connectivity index (χ0) is 13.5. The number of hydrogen-bond acceptors (Lipinski definition) is 6. The number of nitrogens with zero attached hydrogens (tertiary/aromatic N) is 2. The quantitative estimate of drug-likeness (QED) is 0.807. The number of carbonyl (C=O) groups is 1. The second-order valence-electron chi connectivity index (χ2n) is 2.76. The normalized spacial score (nSPS) is 10.1. The molecule has 7 nitrogen and oxygen atoms in total. The van der Waals surface area contributed by atoms with Crippen molar-refractivity contribution in [2.24, 2.45) is 0 Å². The molecule has 0 spiro atoms. The molecule has 0 saturated heterocycles. The van der Waals surface area contributed by atoms with Crippen molar-refractivity contribution in [3.63, 3.8) is 0 Å². The minimum atomic E-state index is -3.32. The Morgan fingerprint density at radius 1 is 1.35 bits per heavy atom. The number of rotatable bonds is 4. The standard InChI is InChI=1S/C7H9N3O4S.C2H6/c1-15(13,14)5-2-8-7(9-3-5)10-4-6(11)12;1-2/h2-3H,4H2,1H3,(H,11,12)(H,8,9,10);1-2H3. The Labute approximate surface area is 99.8 Å². The fourth-order valence-corrected chi connectivity index (χ4v) is 1.24. The van der Waals surface area contributed by atoms with Gasteiger partial charge in [0.15, 0.2) is 9.84 Å². The topological polar surface area (TPSA) is 109 Å². The molecular formula is C9H15N3O4S. The summed E-state index contributed by atoms with van der Waals surface area (Å²) in [6.07, 6.45) is 3.27. The number of carboxylic acid groups (broad SMARTS) is 1. The molecule has 0 aliphatic heterocycles. The third-order valence-electron chi connectivity index (χ3n) is 1.45. The number of sulfone groups is 1. The first-order valence-corrected chi connectivity index (χ1v) is 6.76. The van der Waals surface area contributed by atoms with Gasteiger partial charge in [-0.05, 0) is 0 Å².